The molecular formula is C15H11F3IN3O. The lowest BCUT2D eigenvalue weighted by Crippen LogP contribution is -2.09. The van der Waals surface area contributed by atoms with E-state index in [2.05, 4.69) is 5.10 Å². The zero-order valence-electron chi connectivity index (χ0n) is 12.0. The van der Waals surface area contributed by atoms with Gasteiger partial charge in [0.1, 0.15) is 17.4 Å². The summed E-state index contributed by atoms with van der Waals surface area (Å²) in [6.07, 6.45) is -1.50. The fraction of sp³-hybridized carbons (Fsp3) is 0.333. The maximum atomic E-state index is 13.2. The van der Waals surface area contributed by atoms with Crippen LogP contribution < -0.4 is 4.74 Å². The van der Waals surface area contributed by atoms with Gasteiger partial charge in [-0.25, -0.2) is 0 Å². The van der Waals surface area contributed by atoms with Crippen molar-refractivity contribution in [3.63, 3.8) is 0 Å². The van der Waals surface area contributed by atoms with Gasteiger partial charge in [0.15, 0.2) is 0 Å². The number of rotatable bonds is 3. The van der Waals surface area contributed by atoms with E-state index in [1.54, 1.807) is 13.2 Å². The summed E-state index contributed by atoms with van der Waals surface area (Å²) in [5.74, 6) is -0.0168. The van der Waals surface area contributed by atoms with E-state index in [0.29, 0.717) is 9.26 Å². The highest BCUT2D eigenvalue weighted by Gasteiger charge is 2.35. The van der Waals surface area contributed by atoms with E-state index in [1.807, 2.05) is 28.7 Å². The Kier molecular flexibility index (Phi) is 4.00. The third kappa shape index (κ3) is 3.15. The van der Waals surface area contributed by atoms with Crippen LogP contribution >= 0.6 is 22.6 Å². The van der Waals surface area contributed by atoms with Crippen LogP contribution in [0.25, 0.3) is 11.3 Å². The second-order valence-electron chi connectivity index (χ2n) is 5.29. The summed E-state index contributed by atoms with van der Waals surface area (Å²) in [7, 11) is 1.63. The fourth-order valence-corrected chi connectivity index (χ4v) is 3.02. The third-order valence-corrected chi connectivity index (χ3v) is 4.30. The lowest BCUT2D eigenvalue weighted by molar-refractivity contribution is -0.137. The van der Waals surface area contributed by atoms with Crippen LogP contribution in [0.4, 0.5) is 13.2 Å². The van der Waals surface area contributed by atoms with Gasteiger partial charge >= 0.3 is 6.18 Å². The highest BCUT2D eigenvalue weighted by atomic mass is 127. The topological polar surface area (TPSA) is 50.8 Å². The minimum Gasteiger partial charge on any atom is -0.489 e. The molecule has 0 unspecified atom stereocenters. The van der Waals surface area contributed by atoms with Crippen LogP contribution in [0, 0.1) is 14.9 Å². The number of ether oxygens (including phenoxy) is 1. The molecule has 4 nitrogen and oxygen atoms in total. The summed E-state index contributed by atoms with van der Waals surface area (Å²) in [6, 6.07) is 3.87. The Balaban J connectivity index is 2.26. The monoisotopic (exact) mass is 433 g/mol. The van der Waals surface area contributed by atoms with Crippen molar-refractivity contribution in [2.24, 2.45) is 7.05 Å². The molecular weight excluding hydrogens is 422 g/mol. The molecule has 0 N–H and O–H groups in total. The molecule has 0 aliphatic heterocycles. The average Bonchev–Trinajstić information content (AvgIpc) is 3.22. The predicted octanol–water partition coefficient (Wildman–Crippen LogP) is 4.12. The largest absolute Gasteiger partial charge is 0.489 e. The Morgan fingerprint density at radius 2 is 2.09 bits per heavy atom. The van der Waals surface area contributed by atoms with Gasteiger partial charge in [0.2, 0.25) is 0 Å². The van der Waals surface area contributed by atoms with Crippen LogP contribution in [0.5, 0.6) is 5.75 Å². The lowest BCUT2D eigenvalue weighted by atomic mass is 10.00. The number of aromatic nitrogens is 2. The minimum absolute atomic E-state index is 0.0168. The minimum atomic E-state index is -4.52. The number of hydrogen-bond donors (Lipinski definition) is 0. The third-order valence-electron chi connectivity index (χ3n) is 3.51. The first-order chi connectivity index (χ1) is 10.8. The maximum absolute atomic E-state index is 13.2. The number of benzene rings is 1. The number of halogens is 4. The number of nitriles is 1. The average molecular weight is 433 g/mol. The van der Waals surface area contributed by atoms with Crippen LogP contribution in [-0.4, -0.2) is 15.9 Å². The Hall–Kier alpha value is -1.76. The molecule has 0 saturated heterocycles. The zero-order chi connectivity index (χ0) is 16.8. The summed E-state index contributed by atoms with van der Waals surface area (Å²) in [5.41, 5.74) is -0.0816. The van der Waals surface area contributed by atoms with E-state index < -0.39 is 11.7 Å². The van der Waals surface area contributed by atoms with Crippen LogP contribution in [0.2, 0.25) is 0 Å². The van der Waals surface area contributed by atoms with Gasteiger partial charge in [-0.1, -0.05) is 0 Å². The molecule has 0 bridgehead atoms. The molecule has 2 aromatic rings. The molecule has 1 aliphatic rings. The number of alkyl halides is 3. The molecule has 1 fully saturated rings. The summed E-state index contributed by atoms with van der Waals surface area (Å²) >= 11 is 1.99. The number of aryl methyl sites for hydroxylation is 1. The van der Waals surface area contributed by atoms with Gasteiger partial charge in [0.25, 0.3) is 0 Å². The van der Waals surface area contributed by atoms with Crippen molar-refractivity contribution in [2.75, 3.05) is 0 Å². The molecule has 0 atom stereocenters. The van der Waals surface area contributed by atoms with Crippen molar-refractivity contribution < 1.29 is 17.9 Å². The fourth-order valence-electron chi connectivity index (χ4n) is 2.25. The first-order valence-corrected chi connectivity index (χ1v) is 7.89. The molecule has 23 heavy (non-hydrogen) atoms. The summed E-state index contributed by atoms with van der Waals surface area (Å²) in [6.45, 7) is 0. The molecule has 8 heteroatoms. The van der Waals surface area contributed by atoms with Crippen molar-refractivity contribution in [1.29, 1.82) is 5.26 Å². The van der Waals surface area contributed by atoms with Gasteiger partial charge in [-0.05, 0) is 47.6 Å². The van der Waals surface area contributed by atoms with Gasteiger partial charge in [-0.2, -0.15) is 23.5 Å². The van der Waals surface area contributed by atoms with Crippen molar-refractivity contribution >= 4 is 22.6 Å². The second kappa shape index (κ2) is 5.70. The zero-order valence-corrected chi connectivity index (χ0v) is 14.1. The van der Waals surface area contributed by atoms with Crippen LogP contribution in [0.1, 0.15) is 24.0 Å². The van der Waals surface area contributed by atoms with Crippen LogP contribution in [-0.2, 0) is 13.2 Å². The lowest BCUT2D eigenvalue weighted by Gasteiger charge is -2.16. The number of nitrogens with zero attached hydrogens (tertiary/aromatic N) is 3. The highest BCUT2D eigenvalue weighted by molar-refractivity contribution is 14.1. The molecule has 0 amide bonds. The molecule has 120 valence electrons. The second-order valence-corrected chi connectivity index (χ2v) is 6.45. The maximum Gasteiger partial charge on any atom is 0.416 e. The van der Waals surface area contributed by atoms with E-state index in [0.717, 1.165) is 25.0 Å². The van der Waals surface area contributed by atoms with Gasteiger partial charge in [-0.15, -0.1) is 0 Å². The van der Waals surface area contributed by atoms with Crippen LogP contribution in [0.15, 0.2) is 18.3 Å². The van der Waals surface area contributed by atoms with Crippen molar-refractivity contribution in [3.05, 3.63) is 33.0 Å². The van der Waals surface area contributed by atoms with E-state index in [-0.39, 0.29) is 23.0 Å². The SMILES string of the molecule is Cn1ncc(I)c1-c1cc(C(F)(F)F)cc(OC2CC2)c1C#N. The standard InChI is InChI=1S/C15H11F3IN3O/c1-22-14(12(19)7-21-22)10-4-8(15(16,17)18)5-13(11(10)6-20)23-9-2-3-9/h4-5,7,9H,2-3H2,1H3. The molecule has 0 spiro atoms. The van der Waals surface area contributed by atoms with E-state index in [1.165, 1.54) is 4.68 Å². The predicted molar refractivity (Wildman–Crippen MR) is 84.7 cm³/mol. The Morgan fingerprint density at radius 3 is 2.57 bits per heavy atom. The molecule has 1 aromatic carbocycles. The first kappa shape index (κ1) is 16.1. The van der Waals surface area contributed by atoms with Gasteiger partial charge in [-0.3, -0.25) is 4.68 Å². The first-order valence-electron chi connectivity index (χ1n) is 6.81. The van der Waals surface area contributed by atoms with E-state index in [9.17, 15) is 18.4 Å². The van der Waals surface area contributed by atoms with E-state index >= 15 is 0 Å². The number of hydrogen-bond acceptors (Lipinski definition) is 3. The van der Waals surface area contributed by atoms with Gasteiger partial charge in [0, 0.05) is 12.6 Å². The normalized spacial score (nSPS) is 14.6. The summed E-state index contributed by atoms with van der Waals surface area (Å²) < 4.78 is 47.3. The molecule has 1 aliphatic carbocycles. The van der Waals surface area contributed by atoms with Crippen molar-refractivity contribution in [2.45, 2.75) is 25.1 Å². The molecule has 1 saturated carbocycles. The quantitative estimate of drug-likeness (QED) is 0.685. The molecule has 3 rings (SSSR count). The Morgan fingerprint density at radius 1 is 1.39 bits per heavy atom. The van der Waals surface area contributed by atoms with Crippen LogP contribution in [0.3, 0.4) is 0 Å². The molecule has 1 heterocycles. The van der Waals surface area contributed by atoms with Gasteiger partial charge < -0.3 is 4.74 Å². The summed E-state index contributed by atoms with van der Waals surface area (Å²) in [4.78, 5) is 0. The Bertz CT molecular complexity index is 784. The van der Waals surface area contributed by atoms with E-state index in [4.69, 9.17) is 4.74 Å². The van der Waals surface area contributed by atoms with Crippen molar-refractivity contribution in [1.82, 2.24) is 9.78 Å². The summed E-state index contributed by atoms with van der Waals surface area (Å²) in [5, 5.41) is 13.5. The highest BCUT2D eigenvalue weighted by Crippen LogP contribution is 2.41. The molecule has 0 radical (unpaired) electrons. The van der Waals surface area contributed by atoms with Crippen molar-refractivity contribution in [3.8, 4) is 23.1 Å². The smallest absolute Gasteiger partial charge is 0.416 e. The Labute approximate surface area is 144 Å². The van der Waals surface area contributed by atoms with Gasteiger partial charge in [0.05, 0.1) is 27.1 Å². The molecule has 1 aromatic heterocycles.